The molecule has 1 N–H and O–H groups in total. The first-order chi connectivity index (χ1) is 13.6. The monoisotopic (exact) mass is 386 g/mol. The number of rotatable bonds is 7. The molecule has 1 amide bonds. The molecule has 0 radical (unpaired) electrons. The van der Waals surface area contributed by atoms with Crippen molar-refractivity contribution in [3.63, 3.8) is 0 Å². The number of benzene rings is 2. The third kappa shape index (κ3) is 4.31. The van der Waals surface area contributed by atoms with E-state index in [1.807, 2.05) is 12.1 Å². The van der Waals surface area contributed by atoms with Crippen molar-refractivity contribution in [1.82, 2.24) is 4.90 Å². The summed E-state index contributed by atoms with van der Waals surface area (Å²) in [5, 5.41) is 2.92. The van der Waals surface area contributed by atoms with Crippen LogP contribution in [0.4, 0.5) is 5.69 Å². The first-order valence-electron chi connectivity index (χ1n) is 9.06. The summed E-state index contributed by atoms with van der Waals surface area (Å²) in [6.07, 6.45) is 0.856. The van der Waals surface area contributed by atoms with Crippen molar-refractivity contribution in [2.75, 3.05) is 46.8 Å². The third-order valence-corrected chi connectivity index (χ3v) is 4.85. The van der Waals surface area contributed by atoms with Gasteiger partial charge in [0.2, 0.25) is 5.91 Å². The SMILES string of the molecule is COc1ccc(NC(=O)CN2CCc3cc(OC)c(OC)cc3C2)c(OC)c1. The molecule has 0 unspecified atom stereocenters. The molecule has 0 aliphatic carbocycles. The van der Waals surface area contributed by atoms with Crippen LogP contribution in [0, 0.1) is 0 Å². The maximum atomic E-state index is 12.6. The number of carbonyl (C=O) groups is 1. The second kappa shape index (κ2) is 8.84. The van der Waals surface area contributed by atoms with Crippen LogP contribution >= 0.6 is 0 Å². The molecule has 28 heavy (non-hydrogen) atoms. The lowest BCUT2D eigenvalue weighted by Crippen LogP contribution is -2.37. The van der Waals surface area contributed by atoms with E-state index >= 15 is 0 Å². The largest absolute Gasteiger partial charge is 0.497 e. The van der Waals surface area contributed by atoms with Gasteiger partial charge in [0.05, 0.1) is 40.7 Å². The van der Waals surface area contributed by atoms with Crippen molar-refractivity contribution < 1.29 is 23.7 Å². The molecule has 2 aromatic carbocycles. The Labute approximate surface area is 165 Å². The summed E-state index contributed by atoms with van der Waals surface area (Å²) >= 11 is 0. The average Bonchev–Trinajstić information content (AvgIpc) is 2.72. The molecule has 7 heteroatoms. The summed E-state index contributed by atoms with van der Waals surface area (Å²) in [4.78, 5) is 14.7. The molecule has 0 atom stereocenters. The van der Waals surface area contributed by atoms with Gasteiger partial charge < -0.3 is 24.3 Å². The van der Waals surface area contributed by atoms with Gasteiger partial charge >= 0.3 is 0 Å². The first kappa shape index (κ1) is 19.8. The van der Waals surface area contributed by atoms with Crippen LogP contribution < -0.4 is 24.3 Å². The number of carbonyl (C=O) groups excluding carboxylic acids is 1. The van der Waals surface area contributed by atoms with Gasteiger partial charge in [-0.1, -0.05) is 0 Å². The molecule has 1 aliphatic rings. The van der Waals surface area contributed by atoms with Crippen molar-refractivity contribution in [1.29, 1.82) is 0 Å². The van der Waals surface area contributed by atoms with Crippen LogP contribution in [-0.2, 0) is 17.8 Å². The maximum absolute atomic E-state index is 12.6. The van der Waals surface area contributed by atoms with Crippen LogP contribution in [-0.4, -0.2) is 52.3 Å². The van der Waals surface area contributed by atoms with Gasteiger partial charge in [0.1, 0.15) is 11.5 Å². The Morgan fingerprint density at radius 3 is 2.25 bits per heavy atom. The second-order valence-corrected chi connectivity index (χ2v) is 6.55. The van der Waals surface area contributed by atoms with E-state index in [-0.39, 0.29) is 5.91 Å². The van der Waals surface area contributed by atoms with Crippen LogP contribution in [0.15, 0.2) is 30.3 Å². The van der Waals surface area contributed by atoms with E-state index < -0.39 is 0 Å². The van der Waals surface area contributed by atoms with Crippen molar-refractivity contribution in [2.45, 2.75) is 13.0 Å². The lowest BCUT2D eigenvalue weighted by atomic mass is 9.99. The number of anilines is 1. The molecule has 0 bridgehead atoms. The van der Waals surface area contributed by atoms with E-state index in [4.69, 9.17) is 18.9 Å². The zero-order valence-electron chi connectivity index (χ0n) is 16.7. The standard InChI is InChI=1S/C21H26N2O5/c1-25-16-5-6-17(18(11-16)26-2)22-21(24)13-23-8-7-14-9-19(27-3)20(28-4)10-15(14)12-23/h5-6,9-11H,7-8,12-13H2,1-4H3,(H,22,24). The number of methoxy groups -OCH3 is 4. The van der Waals surface area contributed by atoms with Gasteiger partial charge in [0.25, 0.3) is 0 Å². The summed E-state index contributed by atoms with van der Waals surface area (Å²) in [5.74, 6) is 2.59. The summed E-state index contributed by atoms with van der Waals surface area (Å²) in [5.41, 5.74) is 3.00. The number of hydrogen-bond donors (Lipinski definition) is 1. The minimum atomic E-state index is -0.0904. The van der Waals surface area contributed by atoms with Gasteiger partial charge in [0.15, 0.2) is 11.5 Å². The van der Waals surface area contributed by atoms with Crippen molar-refractivity contribution in [2.24, 2.45) is 0 Å². The maximum Gasteiger partial charge on any atom is 0.238 e. The fourth-order valence-corrected chi connectivity index (χ4v) is 3.37. The highest BCUT2D eigenvalue weighted by Crippen LogP contribution is 2.33. The Bertz CT molecular complexity index is 853. The molecule has 0 spiro atoms. The highest BCUT2D eigenvalue weighted by molar-refractivity contribution is 5.93. The quantitative estimate of drug-likeness (QED) is 0.789. The minimum Gasteiger partial charge on any atom is -0.497 e. The number of hydrogen-bond acceptors (Lipinski definition) is 6. The minimum absolute atomic E-state index is 0.0904. The Kier molecular flexibility index (Phi) is 6.26. The zero-order chi connectivity index (χ0) is 20.1. The summed E-state index contributed by atoms with van der Waals surface area (Å²) in [6.45, 7) is 1.78. The van der Waals surface area contributed by atoms with E-state index in [0.717, 1.165) is 24.3 Å². The van der Waals surface area contributed by atoms with Crippen molar-refractivity contribution >= 4 is 11.6 Å². The van der Waals surface area contributed by atoms with E-state index in [0.29, 0.717) is 36.0 Å². The van der Waals surface area contributed by atoms with Gasteiger partial charge in [-0.2, -0.15) is 0 Å². The van der Waals surface area contributed by atoms with Gasteiger partial charge in [0, 0.05) is 19.2 Å². The number of nitrogens with zero attached hydrogens (tertiary/aromatic N) is 1. The number of amides is 1. The van der Waals surface area contributed by atoms with Crippen molar-refractivity contribution in [3.8, 4) is 23.0 Å². The van der Waals surface area contributed by atoms with E-state index in [9.17, 15) is 4.79 Å². The molecular weight excluding hydrogens is 360 g/mol. The van der Waals surface area contributed by atoms with Crippen LogP contribution in [0.1, 0.15) is 11.1 Å². The summed E-state index contributed by atoms with van der Waals surface area (Å²) < 4.78 is 21.3. The molecular formula is C21H26N2O5. The van der Waals surface area contributed by atoms with Crippen LogP contribution in [0.5, 0.6) is 23.0 Å². The highest BCUT2D eigenvalue weighted by atomic mass is 16.5. The molecule has 7 nitrogen and oxygen atoms in total. The molecule has 0 aromatic heterocycles. The number of nitrogens with one attached hydrogen (secondary N) is 1. The molecule has 0 saturated carbocycles. The van der Waals surface area contributed by atoms with Gasteiger partial charge in [-0.05, 0) is 41.8 Å². The Morgan fingerprint density at radius 2 is 1.61 bits per heavy atom. The van der Waals surface area contributed by atoms with Gasteiger partial charge in [-0.15, -0.1) is 0 Å². The van der Waals surface area contributed by atoms with E-state index in [1.165, 1.54) is 5.56 Å². The van der Waals surface area contributed by atoms with E-state index in [1.54, 1.807) is 46.6 Å². The molecule has 0 fully saturated rings. The number of ether oxygens (including phenoxy) is 4. The summed E-state index contributed by atoms with van der Waals surface area (Å²) in [6, 6.07) is 9.32. The first-order valence-corrected chi connectivity index (χ1v) is 9.06. The van der Waals surface area contributed by atoms with Crippen LogP contribution in [0.3, 0.4) is 0 Å². The van der Waals surface area contributed by atoms with Gasteiger partial charge in [-0.3, -0.25) is 9.69 Å². The molecule has 0 saturated heterocycles. The summed E-state index contributed by atoms with van der Waals surface area (Å²) in [7, 11) is 6.41. The molecule has 1 aliphatic heterocycles. The molecule has 2 aromatic rings. The van der Waals surface area contributed by atoms with Gasteiger partial charge in [-0.25, -0.2) is 0 Å². The second-order valence-electron chi connectivity index (χ2n) is 6.55. The fraction of sp³-hybridized carbons (Fsp3) is 0.381. The van der Waals surface area contributed by atoms with Crippen LogP contribution in [0.25, 0.3) is 0 Å². The normalized spacial score (nSPS) is 13.4. The molecule has 1 heterocycles. The zero-order valence-corrected chi connectivity index (χ0v) is 16.7. The predicted molar refractivity (Wildman–Crippen MR) is 107 cm³/mol. The van der Waals surface area contributed by atoms with Crippen molar-refractivity contribution in [3.05, 3.63) is 41.5 Å². The topological polar surface area (TPSA) is 69.3 Å². The fourth-order valence-electron chi connectivity index (χ4n) is 3.37. The Hall–Kier alpha value is -2.93. The predicted octanol–water partition coefficient (Wildman–Crippen LogP) is 2.72. The number of fused-ring (bicyclic) bond motifs is 1. The Balaban J connectivity index is 1.66. The lowest BCUT2D eigenvalue weighted by molar-refractivity contribution is -0.117. The lowest BCUT2D eigenvalue weighted by Gasteiger charge is -2.29. The highest BCUT2D eigenvalue weighted by Gasteiger charge is 2.21. The van der Waals surface area contributed by atoms with E-state index in [2.05, 4.69) is 10.2 Å². The average molecular weight is 386 g/mol. The molecule has 150 valence electrons. The Morgan fingerprint density at radius 1 is 0.929 bits per heavy atom. The third-order valence-electron chi connectivity index (χ3n) is 4.85. The van der Waals surface area contributed by atoms with Crippen LogP contribution in [0.2, 0.25) is 0 Å². The smallest absolute Gasteiger partial charge is 0.238 e. The molecule has 3 rings (SSSR count).